The molecule has 2 rings (SSSR count). The monoisotopic (exact) mass is 302 g/mol. The molecule has 0 aromatic heterocycles. The Balaban J connectivity index is 2.53. The van der Waals surface area contributed by atoms with Crippen LogP contribution in [0.25, 0.3) is 0 Å². The average Bonchev–Trinajstić information content (AvgIpc) is 3.16. The number of sulfonamides is 1. The topological polar surface area (TPSA) is 63.4 Å². The van der Waals surface area contributed by atoms with E-state index in [1.807, 2.05) is 6.92 Å². The van der Waals surface area contributed by atoms with Crippen molar-refractivity contribution in [3.05, 3.63) is 28.3 Å². The molecule has 1 saturated carbocycles. The number of hydrogen-bond acceptors (Lipinski definition) is 3. The molecule has 0 unspecified atom stereocenters. The van der Waals surface area contributed by atoms with Gasteiger partial charge in [-0.3, -0.25) is 0 Å². The molecule has 2 N–H and O–H groups in total. The summed E-state index contributed by atoms with van der Waals surface area (Å²) in [6.45, 7) is 4.41. The average molecular weight is 303 g/mol. The molecule has 0 amide bonds. The highest BCUT2D eigenvalue weighted by Gasteiger charge is 2.37. The highest BCUT2D eigenvalue weighted by atomic mass is 35.5. The third-order valence-electron chi connectivity index (χ3n) is 3.50. The summed E-state index contributed by atoms with van der Waals surface area (Å²) in [5.74, 6) is 0. The molecule has 1 aliphatic rings. The first-order valence-electron chi connectivity index (χ1n) is 6.42. The maximum Gasteiger partial charge on any atom is 0.243 e. The van der Waals surface area contributed by atoms with Gasteiger partial charge in [-0.1, -0.05) is 18.5 Å². The van der Waals surface area contributed by atoms with Gasteiger partial charge in [0.2, 0.25) is 10.0 Å². The lowest BCUT2D eigenvalue weighted by molar-refractivity contribution is 0.420. The van der Waals surface area contributed by atoms with Crippen LogP contribution in [0.3, 0.4) is 0 Å². The molecule has 1 aromatic carbocycles. The van der Waals surface area contributed by atoms with Crippen molar-refractivity contribution in [2.75, 3.05) is 6.54 Å². The van der Waals surface area contributed by atoms with Crippen LogP contribution >= 0.6 is 11.6 Å². The first kappa shape index (κ1) is 14.8. The van der Waals surface area contributed by atoms with E-state index < -0.39 is 10.0 Å². The molecule has 0 radical (unpaired) electrons. The minimum Gasteiger partial charge on any atom is -0.326 e. The van der Waals surface area contributed by atoms with Gasteiger partial charge < -0.3 is 5.73 Å². The molecular weight excluding hydrogens is 284 g/mol. The Morgan fingerprint density at radius 3 is 2.53 bits per heavy atom. The van der Waals surface area contributed by atoms with Crippen LogP contribution in [0, 0.1) is 6.92 Å². The Morgan fingerprint density at radius 1 is 1.42 bits per heavy atom. The molecule has 0 bridgehead atoms. The molecule has 1 fully saturated rings. The van der Waals surface area contributed by atoms with Gasteiger partial charge in [-0.05, 0) is 43.0 Å². The highest BCUT2D eigenvalue weighted by molar-refractivity contribution is 7.89. The Morgan fingerprint density at radius 2 is 2.05 bits per heavy atom. The largest absolute Gasteiger partial charge is 0.326 e. The molecule has 4 nitrogen and oxygen atoms in total. The summed E-state index contributed by atoms with van der Waals surface area (Å²) < 4.78 is 27.0. The van der Waals surface area contributed by atoms with Crippen LogP contribution in [0.5, 0.6) is 0 Å². The Labute approximate surface area is 119 Å². The fourth-order valence-electron chi connectivity index (χ4n) is 2.30. The van der Waals surface area contributed by atoms with Crippen molar-refractivity contribution in [2.45, 2.75) is 44.2 Å². The Hall–Kier alpha value is -0.620. The summed E-state index contributed by atoms with van der Waals surface area (Å²) in [5, 5.41) is 0.413. The van der Waals surface area contributed by atoms with E-state index in [-0.39, 0.29) is 17.5 Å². The number of nitrogens with two attached hydrogens (primary N) is 1. The molecule has 6 heteroatoms. The minimum absolute atomic E-state index is 0.148. The van der Waals surface area contributed by atoms with Crippen LogP contribution < -0.4 is 5.73 Å². The third kappa shape index (κ3) is 2.79. The molecule has 106 valence electrons. The smallest absolute Gasteiger partial charge is 0.243 e. The van der Waals surface area contributed by atoms with Crippen molar-refractivity contribution in [2.24, 2.45) is 5.73 Å². The SMILES string of the molecule is CCN(C1CC1)S(=O)(=O)c1cc(Cl)cc(CN)c1C. The lowest BCUT2D eigenvalue weighted by Crippen LogP contribution is -2.33. The van der Waals surface area contributed by atoms with Gasteiger partial charge in [-0.15, -0.1) is 0 Å². The standard InChI is InChI=1S/C13H19ClN2O2S/c1-3-16(12-4-5-12)19(17,18)13-7-11(14)6-10(8-15)9(13)2/h6-7,12H,3-5,8,15H2,1-2H3. The van der Waals surface area contributed by atoms with Gasteiger partial charge in [0.1, 0.15) is 0 Å². The van der Waals surface area contributed by atoms with Crippen molar-refractivity contribution in [1.29, 1.82) is 0 Å². The van der Waals surface area contributed by atoms with Crippen LogP contribution in [-0.4, -0.2) is 25.3 Å². The summed E-state index contributed by atoms with van der Waals surface area (Å²) >= 11 is 6.01. The van der Waals surface area contributed by atoms with E-state index >= 15 is 0 Å². The van der Waals surface area contributed by atoms with E-state index in [4.69, 9.17) is 17.3 Å². The maximum atomic E-state index is 12.7. The second kappa shape index (κ2) is 5.40. The quantitative estimate of drug-likeness (QED) is 0.907. The third-order valence-corrected chi connectivity index (χ3v) is 5.88. The second-order valence-corrected chi connectivity index (χ2v) is 7.13. The lowest BCUT2D eigenvalue weighted by Gasteiger charge is -2.22. The predicted molar refractivity (Wildman–Crippen MR) is 76.7 cm³/mol. The summed E-state index contributed by atoms with van der Waals surface area (Å²) in [5.41, 5.74) is 7.12. The molecule has 0 atom stereocenters. The molecule has 0 spiro atoms. The predicted octanol–water partition coefficient (Wildman–Crippen LogP) is 2.28. The van der Waals surface area contributed by atoms with Crippen LogP contribution in [0.15, 0.2) is 17.0 Å². The minimum atomic E-state index is -3.48. The van der Waals surface area contributed by atoms with E-state index in [2.05, 4.69) is 0 Å². The summed E-state index contributed by atoms with van der Waals surface area (Å²) in [7, 11) is -3.48. The van der Waals surface area contributed by atoms with Crippen LogP contribution in [-0.2, 0) is 16.6 Å². The van der Waals surface area contributed by atoms with Crippen molar-refractivity contribution in [3.8, 4) is 0 Å². The number of halogens is 1. The molecular formula is C13H19ClN2O2S. The number of nitrogens with zero attached hydrogens (tertiary/aromatic N) is 1. The summed E-state index contributed by atoms with van der Waals surface area (Å²) in [6.07, 6.45) is 1.88. The Kier molecular flexibility index (Phi) is 4.20. The fourth-order valence-corrected chi connectivity index (χ4v) is 4.60. The molecule has 0 heterocycles. The van der Waals surface area contributed by atoms with Gasteiger partial charge in [0.25, 0.3) is 0 Å². The molecule has 1 aromatic rings. The van der Waals surface area contributed by atoms with Gasteiger partial charge in [-0.2, -0.15) is 4.31 Å². The van der Waals surface area contributed by atoms with E-state index in [9.17, 15) is 8.42 Å². The highest BCUT2D eigenvalue weighted by Crippen LogP contribution is 2.34. The van der Waals surface area contributed by atoms with Crippen LogP contribution in [0.2, 0.25) is 5.02 Å². The van der Waals surface area contributed by atoms with E-state index in [0.29, 0.717) is 17.1 Å². The van der Waals surface area contributed by atoms with Crippen LogP contribution in [0.4, 0.5) is 0 Å². The van der Waals surface area contributed by atoms with Crippen molar-refractivity contribution in [1.82, 2.24) is 4.31 Å². The summed E-state index contributed by atoms with van der Waals surface area (Å²) in [6, 6.07) is 3.40. The second-order valence-electron chi connectivity index (χ2n) is 4.83. The van der Waals surface area contributed by atoms with Crippen LogP contribution in [0.1, 0.15) is 30.9 Å². The molecule has 19 heavy (non-hydrogen) atoms. The van der Waals surface area contributed by atoms with Gasteiger partial charge in [0, 0.05) is 24.2 Å². The van der Waals surface area contributed by atoms with E-state index in [1.54, 1.807) is 17.3 Å². The maximum absolute atomic E-state index is 12.7. The first-order chi connectivity index (χ1) is 8.91. The van der Waals surface area contributed by atoms with E-state index in [0.717, 1.165) is 18.4 Å². The van der Waals surface area contributed by atoms with Gasteiger partial charge in [0.05, 0.1) is 4.90 Å². The van der Waals surface area contributed by atoms with Gasteiger partial charge in [-0.25, -0.2) is 8.42 Å². The van der Waals surface area contributed by atoms with Crippen molar-refractivity contribution in [3.63, 3.8) is 0 Å². The number of hydrogen-bond donors (Lipinski definition) is 1. The zero-order valence-corrected chi connectivity index (χ0v) is 12.8. The summed E-state index contributed by atoms with van der Waals surface area (Å²) in [4.78, 5) is 0.286. The fraction of sp³-hybridized carbons (Fsp3) is 0.538. The lowest BCUT2D eigenvalue weighted by atomic mass is 10.1. The molecule has 1 aliphatic carbocycles. The zero-order chi connectivity index (χ0) is 14.2. The normalized spacial score (nSPS) is 16.1. The van der Waals surface area contributed by atoms with Crippen molar-refractivity contribution >= 4 is 21.6 Å². The molecule has 0 aliphatic heterocycles. The molecule has 0 saturated heterocycles. The van der Waals surface area contributed by atoms with Gasteiger partial charge >= 0.3 is 0 Å². The number of rotatable bonds is 5. The number of benzene rings is 1. The zero-order valence-electron chi connectivity index (χ0n) is 11.2. The van der Waals surface area contributed by atoms with Crippen molar-refractivity contribution < 1.29 is 8.42 Å². The first-order valence-corrected chi connectivity index (χ1v) is 8.24. The van der Waals surface area contributed by atoms with E-state index in [1.165, 1.54) is 6.07 Å². The Bertz CT molecular complexity index is 583. The van der Waals surface area contributed by atoms with Gasteiger partial charge in [0.15, 0.2) is 0 Å².